The Labute approximate surface area is 153 Å². The molecule has 9 nitrogen and oxygen atoms in total. The van der Waals surface area contributed by atoms with Gasteiger partial charge in [-0.2, -0.15) is 0 Å². The molecule has 136 valence electrons. The largest absolute Gasteiger partial charge is 0.360 e. The van der Waals surface area contributed by atoms with E-state index in [0.717, 1.165) is 0 Å². The van der Waals surface area contributed by atoms with E-state index in [2.05, 4.69) is 16.0 Å². The van der Waals surface area contributed by atoms with Crippen LogP contribution in [-0.2, 0) is 0 Å². The Hall–Kier alpha value is -4.01. The van der Waals surface area contributed by atoms with Gasteiger partial charge in [0.2, 0.25) is 0 Å². The van der Waals surface area contributed by atoms with Gasteiger partial charge in [-0.3, -0.25) is 30.6 Å². The van der Waals surface area contributed by atoms with Gasteiger partial charge in [-0.05, 0) is 19.1 Å². The van der Waals surface area contributed by atoms with E-state index < -0.39 is 16.7 Å². The molecule has 1 aromatic heterocycles. The highest BCUT2D eigenvalue weighted by molar-refractivity contribution is 6.03. The third kappa shape index (κ3) is 3.82. The number of carbonyl (C=O) groups is 2. The number of nitrogens with zero attached hydrogens (tertiary/aromatic N) is 2. The standard InChI is InChI=1S/C18H14N4O5/c1-11-15(16(21-27-11)12-5-3-2-4-6-12)18(24)20-19-17(23)13-7-9-14(10-8-13)22(25)26/h2-10H,1H3,(H,19,23)(H,20,24). The Morgan fingerprint density at radius 2 is 1.63 bits per heavy atom. The Bertz CT molecular complexity index is 996. The zero-order valence-electron chi connectivity index (χ0n) is 14.1. The Balaban J connectivity index is 1.72. The van der Waals surface area contributed by atoms with Crippen molar-refractivity contribution in [1.82, 2.24) is 16.0 Å². The van der Waals surface area contributed by atoms with Crippen LogP contribution in [0.15, 0.2) is 59.1 Å². The van der Waals surface area contributed by atoms with Crippen LogP contribution in [0, 0.1) is 17.0 Å². The maximum atomic E-state index is 12.5. The van der Waals surface area contributed by atoms with Crippen molar-refractivity contribution >= 4 is 17.5 Å². The molecule has 27 heavy (non-hydrogen) atoms. The smallest absolute Gasteiger partial charge is 0.275 e. The first-order chi connectivity index (χ1) is 13.0. The molecule has 0 saturated carbocycles. The lowest BCUT2D eigenvalue weighted by Gasteiger charge is -2.08. The van der Waals surface area contributed by atoms with Gasteiger partial charge >= 0.3 is 0 Å². The zero-order valence-corrected chi connectivity index (χ0v) is 14.1. The molecule has 2 aromatic carbocycles. The Kier molecular flexibility index (Phi) is 4.93. The summed E-state index contributed by atoms with van der Waals surface area (Å²) in [5, 5.41) is 14.5. The highest BCUT2D eigenvalue weighted by Gasteiger charge is 2.22. The second-order valence-electron chi connectivity index (χ2n) is 5.54. The van der Waals surface area contributed by atoms with E-state index in [4.69, 9.17) is 4.52 Å². The molecular weight excluding hydrogens is 352 g/mol. The first kappa shape index (κ1) is 17.8. The van der Waals surface area contributed by atoms with Crippen molar-refractivity contribution in [3.05, 3.63) is 81.6 Å². The summed E-state index contributed by atoms with van der Waals surface area (Å²) in [5.41, 5.74) is 5.84. The van der Waals surface area contributed by atoms with Crippen LogP contribution in [0.1, 0.15) is 26.5 Å². The first-order valence-electron chi connectivity index (χ1n) is 7.84. The van der Waals surface area contributed by atoms with Crippen LogP contribution in [0.4, 0.5) is 5.69 Å². The molecule has 0 fully saturated rings. The second-order valence-corrected chi connectivity index (χ2v) is 5.54. The molecule has 0 atom stereocenters. The number of aromatic nitrogens is 1. The van der Waals surface area contributed by atoms with Gasteiger partial charge in [-0.25, -0.2) is 0 Å². The van der Waals surface area contributed by atoms with Crippen LogP contribution in [0.2, 0.25) is 0 Å². The molecule has 0 aliphatic rings. The Morgan fingerprint density at radius 1 is 1.00 bits per heavy atom. The van der Waals surface area contributed by atoms with Crippen molar-refractivity contribution in [3.63, 3.8) is 0 Å². The zero-order chi connectivity index (χ0) is 19.4. The lowest BCUT2D eigenvalue weighted by atomic mass is 10.1. The maximum absolute atomic E-state index is 12.5. The van der Waals surface area contributed by atoms with Crippen molar-refractivity contribution in [2.45, 2.75) is 6.92 Å². The summed E-state index contributed by atoms with van der Waals surface area (Å²) < 4.78 is 5.11. The van der Waals surface area contributed by atoms with Crippen molar-refractivity contribution in [1.29, 1.82) is 0 Å². The van der Waals surface area contributed by atoms with Gasteiger partial charge in [-0.15, -0.1) is 0 Å². The van der Waals surface area contributed by atoms with E-state index in [9.17, 15) is 19.7 Å². The van der Waals surface area contributed by atoms with Crippen LogP contribution >= 0.6 is 0 Å². The molecule has 0 aliphatic carbocycles. The quantitative estimate of drug-likeness (QED) is 0.540. The molecule has 0 bridgehead atoms. The van der Waals surface area contributed by atoms with Gasteiger partial charge in [0.1, 0.15) is 17.0 Å². The van der Waals surface area contributed by atoms with E-state index in [1.165, 1.54) is 24.3 Å². The number of hydrogen-bond acceptors (Lipinski definition) is 6. The van der Waals surface area contributed by atoms with E-state index in [-0.39, 0.29) is 16.8 Å². The number of nitro groups is 1. The number of amides is 2. The number of benzene rings is 2. The number of rotatable bonds is 4. The predicted molar refractivity (Wildman–Crippen MR) is 94.7 cm³/mol. The lowest BCUT2D eigenvalue weighted by molar-refractivity contribution is -0.384. The maximum Gasteiger partial charge on any atom is 0.275 e. The van der Waals surface area contributed by atoms with Gasteiger partial charge in [0, 0.05) is 23.3 Å². The molecule has 0 unspecified atom stereocenters. The summed E-state index contributed by atoms with van der Waals surface area (Å²) in [6.07, 6.45) is 0. The number of non-ortho nitro benzene ring substituents is 1. The molecule has 1 heterocycles. The van der Waals surface area contributed by atoms with Crippen molar-refractivity contribution in [3.8, 4) is 11.3 Å². The fraction of sp³-hybridized carbons (Fsp3) is 0.0556. The van der Waals surface area contributed by atoms with Crippen LogP contribution < -0.4 is 10.9 Å². The second kappa shape index (κ2) is 7.48. The SMILES string of the molecule is Cc1onc(-c2ccccc2)c1C(=O)NNC(=O)c1ccc([N+](=O)[O-])cc1. The van der Waals surface area contributed by atoms with Crippen LogP contribution in [0.5, 0.6) is 0 Å². The summed E-state index contributed by atoms with van der Waals surface area (Å²) in [7, 11) is 0. The van der Waals surface area contributed by atoms with Gasteiger partial charge in [0.05, 0.1) is 4.92 Å². The summed E-state index contributed by atoms with van der Waals surface area (Å²) in [6, 6.07) is 14.0. The van der Waals surface area contributed by atoms with Crippen LogP contribution in [0.3, 0.4) is 0 Å². The summed E-state index contributed by atoms with van der Waals surface area (Å²) in [4.78, 5) is 34.7. The minimum Gasteiger partial charge on any atom is -0.360 e. The topological polar surface area (TPSA) is 127 Å². The average Bonchev–Trinajstić information content (AvgIpc) is 3.08. The third-order valence-corrected chi connectivity index (χ3v) is 3.77. The molecule has 2 N–H and O–H groups in total. The third-order valence-electron chi connectivity index (χ3n) is 3.77. The van der Waals surface area contributed by atoms with Gasteiger partial charge in [-0.1, -0.05) is 35.5 Å². The number of aryl methyl sites for hydroxylation is 1. The van der Waals surface area contributed by atoms with E-state index in [0.29, 0.717) is 17.0 Å². The lowest BCUT2D eigenvalue weighted by Crippen LogP contribution is -2.41. The molecule has 0 spiro atoms. The van der Waals surface area contributed by atoms with E-state index >= 15 is 0 Å². The summed E-state index contributed by atoms with van der Waals surface area (Å²) in [6.45, 7) is 1.59. The molecule has 0 saturated heterocycles. The number of hydrazine groups is 1. The number of carbonyl (C=O) groups excluding carboxylic acids is 2. The monoisotopic (exact) mass is 366 g/mol. The molecule has 0 radical (unpaired) electrons. The molecule has 3 rings (SSSR count). The fourth-order valence-electron chi connectivity index (χ4n) is 2.42. The molecular formula is C18H14N4O5. The molecule has 0 aliphatic heterocycles. The first-order valence-corrected chi connectivity index (χ1v) is 7.84. The number of nitro benzene ring substituents is 1. The average molecular weight is 366 g/mol. The summed E-state index contributed by atoms with van der Waals surface area (Å²) in [5.74, 6) is -0.910. The highest BCUT2D eigenvalue weighted by Crippen LogP contribution is 2.24. The molecule has 9 heteroatoms. The predicted octanol–water partition coefficient (Wildman–Crippen LogP) is 2.63. The normalized spacial score (nSPS) is 10.3. The summed E-state index contributed by atoms with van der Waals surface area (Å²) >= 11 is 0. The number of hydrogen-bond donors (Lipinski definition) is 2. The van der Waals surface area contributed by atoms with E-state index in [1.807, 2.05) is 6.07 Å². The minimum absolute atomic E-state index is 0.136. The Morgan fingerprint density at radius 3 is 2.26 bits per heavy atom. The molecule has 2 amide bonds. The van der Waals surface area contributed by atoms with Gasteiger partial charge in [0.25, 0.3) is 17.5 Å². The minimum atomic E-state index is -0.617. The van der Waals surface area contributed by atoms with Crippen molar-refractivity contribution < 1.29 is 19.0 Å². The fourth-order valence-corrected chi connectivity index (χ4v) is 2.42. The number of nitrogens with one attached hydrogen (secondary N) is 2. The van der Waals surface area contributed by atoms with Gasteiger partial charge in [0.15, 0.2) is 0 Å². The van der Waals surface area contributed by atoms with Crippen LogP contribution in [-0.4, -0.2) is 21.9 Å². The van der Waals surface area contributed by atoms with E-state index in [1.54, 1.807) is 31.2 Å². The van der Waals surface area contributed by atoms with Crippen LogP contribution in [0.25, 0.3) is 11.3 Å². The van der Waals surface area contributed by atoms with Gasteiger partial charge < -0.3 is 4.52 Å². The highest BCUT2D eigenvalue weighted by atomic mass is 16.6. The van der Waals surface area contributed by atoms with Crippen molar-refractivity contribution in [2.24, 2.45) is 0 Å². The van der Waals surface area contributed by atoms with Crippen molar-refractivity contribution in [2.75, 3.05) is 0 Å². The molecule has 3 aromatic rings.